The molecule has 134 valence electrons. The molecule has 0 saturated carbocycles. The van der Waals surface area contributed by atoms with E-state index in [0.717, 1.165) is 12.3 Å². The molecule has 1 aromatic heterocycles. The van der Waals surface area contributed by atoms with Gasteiger partial charge in [-0.15, -0.1) is 0 Å². The fourth-order valence-electron chi connectivity index (χ4n) is 2.59. The van der Waals surface area contributed by atoms with Gasteiger partial charge in [0.1, 0.15) is 16.5 Å². The number of halogens is 4. The van der Waals surface area contributed by atoms with E-state index in [1.54, 1.807) is 24.3 Å². The lowest BCUT2D eigenvalue weighted by molar-refractivity contribution is 0.557. The van der Waals surface area contributed by atoms with Crippen molar-refractivity contribution in [3.05, 3.63) is 70.5 Å². The van der Waals surface area contributed by atoms with Crippen LogP contribution in [0.5, 0.6) is 0 Å². The third-order valence-electron chi connectivity index (χ3n) is 3.71. The second kappa shape index (κ2) is 6.95. The van der Waals surface area contributed by atoms with E-state index in [1.165, 1.54) is 12.4 Å². The summed E-state index contributed by atoms with van der Waals surface area (Å²) in [6.07, 6.45) is 3.67. The number of hydrogen-bond acceptors (Lipinski definition) is 3. The Morgan fingerprint density at radius 1 is 0.885 bits per heavy atom. The van der Waals surface area contributed by atoms with Gasteiger partial charge in [0.15, 0.2) is 9.84 Å². The van der Waals surface area contributed by atoms with Gasteiger partial charge in [0.25, 0.3) is 0 Å². The largest absolute Gasteiger partial charge is 0.264 e. The molecule has 0 N–H and O–H groups in total. The minimum Gasteiger partial charge on any atom is -0.264 e. The Morgan fingerprint density at radius 2 is 1.54 bits per heavy atom. The molecule has 3 aromatic rings. The molecule has 0 aliphatic heterocycles. The quantitative estimate of drug-likeness (QED) is 0.576. The van der Waals surface area contributed by atoms with Crippen LogP contribution in [0, 0.1) is 11.6 Å². The topological polar surface area (TPSA) is 47.0 Å². The molecule has 3 rings (SSSR count). The Kier molecular flexibility index (Phi) is 5.01. The van der Waals surface area contributed by atoms with Crippen LogP contribution in [0.4, 0.5) is 8.78 Å². The Labute approximate surface area is 159 Å². The molecule has 26 heavy (non-hydrogen) atoms. The Balaban J connectivity index is 2.25. The van der Waals surface area contributed by atoms with Crippen LogP contribution in [-0.2, 0) is 9.84 Å². The lowest BCUT2D eigenvalue weighted by Crippen LogP contribution is -2.03. The lowest BCUT2D eigenvalue weighted by Gasteiger charge is -2.12. The van der Waals surface area contributed by atoms with Crippen LogP contribution >= 0.6 is 23.2 Å². The van der Waals surface area contributed by atoms with Crippen molar-refractivity contribution in [1.82, 2.24) is 4.98 Å². The first kappa shape index (κ1) is 18.8. The highest BCUT2D eigenvalue weighted by atomic mass is 35.5. The summed E-state index contributed by atoms with van der Waals surface area (Å²) in [5.41, 5.74) is 1.28. The fourth-order valence-corrected chi connectivity index (χ4v) is 3.85. The van der Waals surface area contributed by atoms with E-state index in [-0.39, 0.29) is 11.1 Å². The van der Waals surface area contributed by atoms with Crippen LogP contribution in [0.15, 0.2) is 53.7 Å². The predicted molar refractivity (Wildman–Crippen MR) is 98.2 cm³/mol. The van der Waals surface area contributed by atoms with Crippen LogP contribution in [0.2, 0.25) is 10.0 Å². The third kappa shape index (κ3) is 3.72. The van der Waals surface area contributed by atoms with E-state index in [1.807, 2.05) is 0 Å². The number of nitrogens with zero attached hydrogens (tertiary/aromatic N) is 1. The van der Waals surface area contributed by atoms with Crippen LogP contribution in [0.1, 0.15) is 0 Å². The van der Waals surface area contributed by atoms with Gasteiger partial charge in [0, 0.05) is 39.8 Å². The summed E-state index contributed by atoms with van der Waals surface area (Å²) in [5, 5.41) is 0.767. The zero-order chi connectivity index (χ0) is 19.1. The third-order valence-corrected chi connectivity index (χ3v) is 5.25. The first-order valence-corrected chi connectivity index (χ1v) is 9.91. The maximum atomic E-state index is 14.6. The molecule has 0 spiro atoms. The van der Waals surface area contributed by atoms with Crippen molar-refractivity contribution in [2.24, 2.45) is 0 Å². The molecule has 0 aliphatic carbocycles. The molecular formula is C18H11Cl2F2NO2S. The highest BCUT2D eigenvalue weighted by molar-refractivity contribution is 7.90. The molecule has 0 amide bonds. The molecule has 3 nitrogen and oxygen atoms in total. The van der Waals surface area contributed by atoms with E-state index >= 15 is 0 Å². The van der Waals surface area contributed by atoms with Gasteiger partial charge < -0.3 is 0 Å². The van der Waals surface area contributed by atoms with Gasteiger partial charge in [0.2, 0.25) is 0 Å². The summed E-state index contributed by atoms with van der Waals surface area (Å²) >= 11 is 12.0. The van der Waals surface area contributed by atoms with Crippen LogP contribution in [0.25, 0.3) is 22.3 Å². The Hall–Kier alpha value is -2.02. The molecule has 1 heterocycles. The van der Waals surface area contributed by atoms with E-state index in [0.29, 0.717) is 27.2 Å². The zero-order valence-corrected chi connectivity index (χ0v) is 15.6. The Bertz CT molecular complexity index is 1100. The number of pyridine rings is 1. The van der Waals surface area contributed by atoms with Gasteiger partial charge in [-0.3, -0.25) is 4.98 Å². The standard InChI is InChI=1S/C18H11Cl2F2NO2S/c1-26(24,25)18-8-16(21)14(7-17(18)22)15-9-23-3-2-13(15)10-4-11(19)6-12(20)5-10/h2-9H,1H3. The lowest BCUT2D eigenvalue weighted by atomic mass is 9.96. The average molecular weight is 414 g/mol. The highest BCUT2D eigenvalue weighted by Crippen LogP contribution is 2.36. The van der Waals surface area contributed by atoms with Crippen molar-refractivity contribution in [3.63, 3.8) is 0 Å². The van der Waals surface area contributed by atoms with Crippen molar-refractivity contribution in [1.29, 1.82) is 0 Å². The molecule has 0 unspecified atom stereocenters. The number of sulfone groups is 1. The number of hydrogen-bond donors (Lipinski definition) is 0. The summed E-state index contributed by atoms with van der Waals surface area (Å²) in [6, 6.07) is 7.94. The first-order chi connectivity index (χ1) is 12.2. The number of rotatable bonds is 3. The maximum Gasteiger partial charge on any atom is 0.178 e. The van der Waals surface area contributed by atoms with E-state index in [2.05, 4.69) is 4.98 Å². The minimum atomic E-state index is -3.89. The molecule has 2 aromatic carbocycles. The van der Waals surface area contributed by atoms with Crippen molar-refractivity contribution in [3.8, 4) is 22.3 Å². The highest BCUT2D eigenvalue weighted by Gasteiger charge is 2.20. The van der Waals surface area contributed by atoms with Crippen LogP contribution in [0.3, 0.4) is 0 Å². The maximum absolute atomic E-state index is 14.6. The van der Waals surface area contributed by atoms with Gasteiger partial charge in [0.05, 0.1) is 0 Å². The van der Waals surface area contributed by atoms with E-state index in [9.17, 15) is 17.2 Å². The summed E-state index contributed by atoms with van der Waals surface area (Å²) < 4.78 is 52.0. The summed E-state index contributed by atoms with van der Waals surface area (Å²) in [5.74, 6) is -1.92. The fraction of sp³-hybridized carbons (Fsp3) is 0.0556. The first-order valence-electron chi connectivity index (χ1n) is 7.27. The van der Waals surface area contributed by atoms with E-state index in [4.69, 9.17) is 23.2 Å². The molecule has 0 saturated heterocycles. The molecule has 0 bridgehead atoms. The smallest absolute Gasteiger partial charge is 0.178 e. The molecule has 0 aliphatic rings. The summed E-state index contributed by atoms with van der Waals surface area (Å²) in [4.78, 5) is 3.26. The molecule has 8 heteroatoms. The van der Waals surface area contributed by atoms with Crippen LogP contribution < -0.4 is 0 Å². The van der Waals surface area contributed by atoms with Crippen molar-refractivity contribution < 1.29 is 17.2 Å². The zero-order valence-electron chi connectivity index (χ0n) is 13.3. The SMILES string of the molecule is CS(=O)(=O)c1cc(F)c(-c2cnccc2-c2cc(Cl)cc(Cl)c2)cc1F. The molecule has 0 fully saturated rings. The monoisotopic (exact) mass is 413 g/mol. The van der Waals surface area contributed by atoms with Crippen molar-refractivity contribution >= 4 is 33.0 Å². The second-order valence-electron chi connectivity index (χ2n) is 5.61. The average Bonchev–Trinajstić information content (AvgIpc) is 2.55. The van der Waals surface area contributed by atoms with Gasteiger partial charge >= 0.3 is 0 Å². The van der Waals surface area contributed by atoms with Crippen molar-refractivity contribution in [2.45, 2.75) is 4.90 Å². The van der Waals surface area contributed by atoms with Gasteiger partial charge in [-0.1, -0.05) is 23.2 Å². The van der Waals surface area contributed by atoms with Crippen molar-refractivity contribution in [2.75, 3.05) is 6.26 Å². The molecule has 0 atom stereocenters. The summed E-state index contributed by atoms with van der Waals surface area (Å²) in [7, 11) is -3.89. The second-order valence-corrected chi connectivity index (χ2v) is 8.47. The minimum absolute atomic E-state index is 0.117. The van der Waals surface area contributed by atoms with Gasteiger partial charge in [-0.05, 0) is 47.5 Å². The van der Waals surface area contributed by atoms with Gasteiger partial charge in [-0.25, -0.2) is 17.2 Å². The summed E-state index contributed by atoms with van der Waals surface area (Å²) in [6.45, 7) is 0. The normalized spacial score (nSPS) is 11.6. The van der Waals surface area contributed by atoms with E-state index < -0.39 is 26.4 Å². The number of aromatic nitrogens is 1. The number of benzene rings is 2. The van der Waals surface area contributed by atoms with Crippen LogP contribution in [-0.4, -0.2) is 19.7 Å². The predicted octanol–water partition coefficient (Wildman–Crippen LogP) is 5.40. The molecular weight excluding hydrogens is 403 g/mol. The molecule has 0 radical (unpaired) electrons. The van der Waals surface area contributed by atoms with Gasteiger partial charge in [-0.2, -0.15) is 0 Å². The Morgan fingerprint density at radius 3 is 2.15 bits per heavy atom.